The zero-order valence-electron chi connectivity index (χ0n) is 11.9. The number of nitrogens with zero attached hydrogens (tertiary/aromatic N) is 2. The van der Waals surface area contributed by atoms with Gasteiger partial charge in [0.25, 0.3) is 0 Å². The van der Waals surface area contributed by atoms with E-state index in [9.17, 15) is 13.5 Å². The molecule has 1 aromatic carbocycles. The van der Waals surface area contributed by atoms with Crippen LogP contribution in [0.1, 0.15) is 19.8 Å². The molecule has 6 nitrogen and oxygen atoms in total. The SMILES string of the molecule is CC(CO)(Cn1cnc2ccccc21)NS(=O)(=O)C1CC1. The van der Waals surface area contributed by atoms with Gasteiger partial charge >= 0.3 is 0 Å². The molecule has 1 atom stereocenters. The van der Waals surface area contributed by atoms with Gasteiger partial charge in [0.05, 0.1) is 34.8 Å². The minimum absolute atomic E-state index is 0.272. The number of aromatic nitrogens is 2. The van der Waals surface area contributed by atoms with E-state index in [1.165, 1.54) is 0 Å². The number of fused-ring (bicyclic) bond motifs is 1. The van der Waals surface area contributed by atoms with Crippen LogP contribution in [0.25, 0.3) is 11.0 Å². The van der Waals surface area contributed by atoms with Crippen LogP contribution in [0.2, 0.25) is 0 Å². The Morgan fingerprint density at radius 1 is 1.43 bits per heavy atom. The average Bonchev–Trinajstić information content (AvgIpc) is 3.24. The Morgan fingerprint density at radius 3 is 2.81 bits per heavy atom. The van der Waals surface area contributed by atoms with Gasteiger partial charge in [-0.1, -0.05) is 12.1 Å². The van der Waals surface area contributed by atoms with Gasteiger partial charge in [-0.2, -0.15) is 0 Å². The van der Waals surface area contributed by atoms with Crippen LogP contribution >= 0.6 is 0 Å². The topological polar surface area (TPSA) is 84.2 Å². The van der Waals surface area contributed by atoms with Gasteiger partial charge in [-0.25, -0.2) is 18.1 Å². The van der Waals surface area contributed by atoms with E-state index < -0.39 is 15.6 Å². The third-order valence-electron chi connectivity index (χ3n) is 3.75. The molecule has 114 valence electrons. The molecule has 1 fully saturated rings. The lowest BCUT2D eigenvalue weighted by Gasteiger charge is -2.29. The molecule has 0 amide bonds. The van der Waals surface area contributed by atoms with Gasteiger partial charge in [0.1, 0.15) is 0 Å². The molecular weight excluding hydrogens is 290 g/mol. The molecule has 1 unspecified atom stereocenters. The summed E-state index contributed by atoms with van der Waals surface area (Å²) < 4.78 is 28.7. The molecule has 2 aromatic rings. The van der Waals surface area contributed by atoms with Crippen molar-refractivity contribution in [3.05, 3.63) is 30.6 Å². The Kier molecular flexibility index (Phi) is 3.51. The molecule has 0 saturated heterocycles. The Morgan fingerprint density at radius 2 is 2.14 bits per heavy atom. The number of aliphatic hydroxyl groups excluding tert-OH is 1. The van der Waals surface area contributed by atoms with Crippen molar-refractivity contribution in [1.29, 1.82) is 0 Å². The predicted octanol–water partition coefficient (Wildman–Crippen LogP) is 0.869. The van der Waals surface area contributed by atoms with Gasteiger partial charge in [-0.05, 0) is 31.9 Å². The molecule has 2 N–H and O–H groups in total. The van der Waals surface area contributed by atoms with E-state index in [4.69, 9.17) is 0 Å². The van der Waals surface area contributed by atoms with Crippen LogP contribution < -0.4 is 4.72 Å². The van der Waals surface area contributed by atoms with E-state index in [-0.39, 0.29) is 11.9 Å². The highest BCUT2D eigenvalue weighted by Gasteiger charge is 2.40. The minimum Gasteiger partial charge on any atom is -0.394 e. The number of aliphatic hydroxyl groups is 1. The maximum absolute atomic E-state index is 12.1. The quantitative estimate of drug-likeness (QED) is 0.829. The van der Waals surface area contributed by atoms with E-state index in [2.05, 4.69) is 9.71 Å². The van der Waals surface area contributed by atoms with Crippen molar-refractivity contribution in [2.75, 3.05) is 6.61 Å². The lowest BCUT2D eigenvalue weighted by atomic mass is 10.1. The molecule has 3 rings (SSSR count). The van der Waals surface area contributed by atoms with E-state index >= 15 is 0 Å². The number of hydrogen-bond acceptors (Lipinski definition) is 4. The molecule has 1 saturated carbocycles. The van der Waals surface area contributed by atoms with Crippen molar-refractivity contribution in [3.63, 3.8) is 0 Å². The molecule has 0 spiro atoms. The molecule has 21 heavy (non-hydrogen) atoms. The monoisotopic (exact) mass is 309 g/mol. The fraction of sp³-hybridized carbons (Fsp3) is 0.500. The van der Waals surface area contributed by atoms with Crippen molar-refractivity contribution >= 4 is 21.1 Å². The maximum Gasteiger partial charge on any atom is 0.215 e. The second kappa shape index (κ2) is 5.08. The zero-order valence-corrected chi connectivity index (χ0v) is 12.7. The molecule has 0 aliphatic heterocycles. The summed E-state index contributed by atoms with van der Waals surface area (Å²) in [4.78, 5) is 4.29. The lowest BCUT2D eigenvalue weighted by Crippen LogP contribution is -2.52. The largest absolute Gasteiger partial charge is 0.394 e. The maximum atomic E-state index is 12.1. The Labute approximate surface area is 123 Å². The highest BCUT2D eigenvalue weighted by atomic mass is 32.2. The average molecular weight is 309 g/mol. The van der Waals surface area contributed by atoms with Gasteiger partial charge in [-0.3, -0.25) is 0 Å². The minimum atomic E-state index is -3.36. The predicted molar refractivity (Wildman–Crippen MR) is 80.3 cm³/mol. The van der Waals surface area contributed by atoms with Crippen molar-refractivity contribution in [1.82, 2.24) is 14.3 Å². The van der Waals surface area contributed by atoms with Crippen LogP contribution in [0.15, 0.2) is 30.6 Å². The normalized spacial score (nSPS) is 18.8. The number of nitrogens with one attached hydrogen (secondary N) is 1. The number of hydrogen-bond donors (Lipinski definition) is 2. The van der Waals surface area contributed by atoms with Gasteiger partial charge < -0.3 is 9.67 Å². The smallest absolute Gasteiger partial charge is 0.215 e. The van der Waals surface area contributed by atoms with E-state index in [1.54, 1.807) is 13.3 Å². The summed E-state index contributed by atoms with van der Waals surface area (Å²) >= 11 is 0. The third-order valence-corrected chi connectivity index (χ3v) is 5.87. The van der Waals surface area contributed by atoms with Gasteiger partial charge in [-0.15, -0.1) is 0 Å². The molecular formula is C14H19N3O3S. The fourth-order valence-corrected chi connectivity index (χ4v) is 4.17. The summed E-state index contributed by atoms with van der Waals surface area (Å²) in [5, 5.41) is 9.36. The van der Waals surface area contributed by atoms with Crippen LogP contribution in [-0.4, -0.2) is 40.5 Å². The summed E-state index contributed by atoms with van der Waals surface area (Å²) in [5.41, 5.74) is 0.830. The lowest BCUT2D eigenvalue weighted by molar-refractivity contribution is 0.179. The molecule has 1 heterocycles. The summed E-state index contributed by atoms with van der Waals surface area (Å²) in [6, 6.07) is 7.64. The summed E-state index contributed by atoms with van der Waals surface area (Å²) in [7, 11) is -3.36. The van der Waals surface area contributed by atoms with Gasteiger partial charge in [0.15, 0.2) is 0 Å². The molecule has 1 aliphatic rings. The van der Waals surface area contributed by atoms with Crippen LogP contribution in [0.4, 0.5) is 0 Å². The number of imidazole rings is 1. The molecule has 7 heteroatoms. The number of benzene rings is 1. The molecule has 1 aromatic heterocycles. The van der Waals surface area contributed by atoms with E-state index in [0.717, 1.165) is 11.0 Å². The number of rotatable bonds is 6. The van der Waals surface area contributed by atoms with Crippen molar-refractivity contribution in [2.24, 2.45) is 0 Å². The summed E-state index contributed by atoms with van der Waals surface area (Å²) in [6.45, 7) is 1.77. The van der Waals surface area contributed by atoms with Gasteiger partial charge in [0, 0.05) is 6.54 Å². The van der Waals surface area contributed by atoms with Crippen LogP contribution in [-0.2, 0) is 16.6 Å². The molecule has 0 bridgehead atoms. The third kappa shape index (κ3) is 2.95. The molecule has 0 radical (unpaired) electrons. The van der Waals surface area contributed by atoms with Crippen molar-refractivity contribution in [2.45, 2.75) is 37.1 Å². The highest BCUT2D eigenvalue weighted by molar-refractivity contribution is 7.90. The Balaban J connectivity index is 1.86. The van der Waals surface area contributed by atoms with Crippen molar-refractivity contribution < 1.29 is 13.5 Å². The first-order chi connectivity index (χ1) is 9.93. The van der Waals surface area contributed by atoms with E-state index in [0.29, 0.717) is 19.4 Å². The van der Waals surface area contributed by atoms with Gasteiger partial charge in [0.2, 0.25) is 10.0 Å². The van der Waals surface area contributed by atoms with E-state index in [1.807, 2.05) is 28.8 Å². The Hall–Kier alpha value is -1.44. The number of sulfonamides is 1. The summed E-state index contributed by atoms with van der Waals surface area (Å²) in [6.07, 6.45) is 3.07. The number of para-hydroxylation sites is 2. The van der Waals surface area contributed by atoms with Crippen molar-refractivity contribution in [3.8, 4) is 0 Å². The Bertz CT molecular complexity index is 752. The van der Waals surface area contributed by atoms with Crippen LogP contribution in [0.3, 0.4) is 0 Å². The first-order valence-corrected chi connectivity index (χ1v) is 8.52. The summed E-state index contributed by atoms with van der Waals surface area (Å²) in [5.74, 6) is 0. The zero-order chi connectivity index (χ0) is 15.1. The molecule has 1 aliphatic carbocycles. The highest BCUT2D eigenvalue weighted by Crippen LogP contribution is 2.29. The first-order valence-electron chi connectivity index (χ1n) is 6.97. The van der Waals surface area contributed by atoms with Crippen LogP contribution in [0.5, 0.6) is 0 Å². The second-order valence-electron chi connectivity index (χ2n) is 5.93. The first kappa shape index (κ1) is 14.5. The fourth-order valence-electron chi connectivity index (χ4n) is 2.43. The van der Waals surface area contributed by atoms with Crippen LogP contribution in [0, 0.1) is 0 Å². The standard InChI is InChI=1S/C14H19N3O3S/c1-14(9-18,16-21(19,20)11-6-7-11)8-17-10-15-12-4-2-3-5-13(12)17/h2-5,10-11,16,18H,6-9H2,1H3. The second-order valence-corrected chi connectivity index (χ2v) is 7.89.